The van der Waals surface area contributed by atoms with Crippen LogP contribution in [0.3, 0.4) is 0 Å². The van der Waals surface area contributed by atoms with E-state index in [1.54, 1.807) is 18.2 Å². The number of hydrogen-bond acceptors (Lipinski definition) is 3. The van der Waals surface area contributed by atoms with Crippen LogP contribution in [0.4, 0.5) is 5.69 Å². The van der Waals surface area contributed by atoms with E-state index in [1.807, 2.05) is 0 Å². The van der Waals surface area contributed by atoms with Crippen molar-refractivity contribution in [3.63, 3.8) is 0 Å². The predicted octanol–water partition coefficient (Wildman–Crippen LogP) is 1.13. The molecule has 90 valence electrons. The summed E-state index contributed by atoms with van der Waals surface area (Å²) in [7, 11) is 1.35. The van der Waals surface area contributed by atoms with Gasteiger partial charge in [0.25, 0.3) is 0 Å². The van der Waals surface area contributed by atoms with E-state index in [1.165, 1.54) is 14.0 Å². The number of benzene rings is 1. The summed E-state index contributed by atoms with van der Waals surface area (Å²) in [6.45, 7) is 1.49. The van der Waals surface area contributed by atoms with Gasteiger partial charge in [-0.05, 0) is 30.2 Å². The van der Waals surface area contributed by atoms with Crippen molar-refractivity contribution in [2.75, 3.05) is 12.4 Å². The number of anilines is 1. The fourth-order valence-electron chi connectivity index (χ4n) is 1.85. The van der Waals surface area contributed by atoms with Gasteiger partial charge in [0.2, 0.25) is 5.91 Å². The van der Waals surface area contributed by atoms with Gasteiger partial charge in [-0.2, -0.15) is 0 Å². The second-order valence-corrected chi connectivity index (χ2v) is 4.14. The van der Waals surface area contributed by atoms with Crippen molar-refractivity contribution in [3.8, 4) is 0 Å². The SMILES string of the molecule is COC(C)(C(=O)O)c1ccc2c(c1)CC(=O)N2. The highest BCUT2D eigenvalue weighted by Gasteiger charge is 2.36. The summed E-state index contributed by atoms with van der Waals surface area (Å²) in [5.41, 5.74) is 0.683. The lowest BCUT2D eigenvalue weighted by atomic mass is 9.93. The number of aliphatic carboxylic acids is 1. The van der Waals surface area contributed by atoms with Gasteiger partial charge in [-0.1, -0.05) is 6.07 Å². The number of ether oxygens (including phenoxy) is 1. The number of rotatable bonds is 3. The maximum Gasteiger partial charge on any atom is 0.340 e. The summed E-state index contributed by atoms with van der Waals surface area (Å²) in [5.74, 6) is -1.14. The van der Waals surface area contributed by atoms with E-state index in [9.17, 15) is 14.7 Å². The van der Waals surface area contributed by atoms with E-state index in [2.05, 4.69) is 5.32 Å². The molecule has 1 aliphatic heterocycles. The Morgan fingerprint density at radius 1 is 1.53 bits per heavy atom. The molecule has 2 N–H and O–H groups in total. The molecule has 5 nitrogen and oxygen atoms in total. The van der Waals surface area contributed by atoms with Gasteiger partial charge in [0.05, 0.1) is 6.42 Å². The average Bonchev–Trinajstić information content (AvgIpc) is 2.66. The van der Waals surface area contributed by atoms with Crippen LogP contribution in [-0.4, -0.2) is 24.1 Å². The zero-order valence-electron chi connectivity index (χ0n) is 9.61. The van der Waals surface area contributed by atoms with E-state index in [0.717, 1.165) is 11.3 Å². The Morgan fingerprint density at radius 3 is 2.82 bits per heavy atom. The number of hydrogen-bond donors (Lipinski definition) is 2. The third-order valence-electron chi connectivity index (χ3n) is 3.10. The molecule has 0 bridgehead atoms. The van der Waals surface area contributed by atoms with Crippen LogP contribution in [-0.2, 0) is 26.3 Å². The molecule has 1 atom stereocenters. The number of amides is 1. The molecule has 5 heteroatoms. The van der Waals surface area contributed by atoms with Crippen LogP contribution in [0, 0.1) is 0 Å². The molecular formula is C12H13NO4. The largest absolute Gasteiger partial charge is 0.479 e. The van der Waals surface area contributed by atoms with E-state index in [4.69, 9.17) is 4.74 Å². The Labute approximate surface area is 98.4 Å². The minimum Gasteiger partial charge on any atom is -0.479 e. The lowest BCUT2D eigenvalue weighted by Gasteiger charge is -2.24. The van der Waals surface area contributed by atoms with Crippen molar-refractivity contribution < 1.29 is 19.4 Å². The zero-order valence-corrected chi connectivity index (χ0v) is 9.61. The first-order valence-electron chi connectivity index (χ1n) is 5.19. The van der Waals surface area contributed by atoms with Gasteiger partial charge in [-0.3, -0.25) is 4.79 Å². The fraction of sp³-hybridized carbons (Fsp3) is 0.333. The Hall–Kier alpha value is -1.88. The van der Waals surface area contributed by atoms with E-state index < -0.39 is 11.6 Å². The molecule has 0 aromatic heterocycles. The number of carbonyl (C=O) groups excluding carboxylic acids is 1. The number of fused-ring (bicyclic) bond motifs is 1. The number of nitrogens with one attached hydrogen (secondary N) is 1. The summed E-state index contributed by atoms with van der Waals surface area (Å²) in [4.78, 5) is 22.4. The van der Waals surface area contributed by atoms with Crippen molar-refractivity contribution >= 4 is 17.6 Å². The quantitative estimate of drug-likeness (QED) is 0.823. The lowest BCUT2D eigenvalue weighted by Crippen LogP contribution is -2.34. The van der Waals surface area contributed by atoms with Crippen molar-refractivity contribution in [1.82, 2.24) is 0 Å². The summed E-state index contributed by atoms with van der Waals surface area (Å²) in [6.07, 6.45) is 0.280. The van der Waals surface area contributed by atoms with Gasteiger partial charge in [-0.15, -0.1) is 0 Å². The van der Waals surface area contributed by atoms with Crippen molar-refractivity contribution in [2.24, 2.45) is 0 Å². The van der Waals surface area contributed by atoms with Gasteiger partial charge >= 0.3 is 5.97 Å². The van der Waals surface area contributed by atoms with E-state index >= 15 is 0 Å². The molecule has 17 heavy (non-hydrogen) atoms. The lowest BCUT2D eigenvalue weighted by molar-refractivity contribution is -0.161. The highest BCUT2D eigenvalue weighted by atomic mass is 16.5. The third kappa shape index (κ3) is 1.78. The fourth-order valence-corrected chi connectivity index (χ4v) is 1.85. The topological polar surface area (TPSA) is 75.6 Å². The smallest absolute Gasteiger partial charge is 0.340 e. The minimum atomic E-state index is -1.39. The van der Waals surface area contributed by atoms with Crippen LogP contribution < -0.4 is 5.32 Å². The highest BCUT2D eigenvalue weighted by molar-refractivity contribution is 5.99. The Bertz CT molecular complexity index is 497. The molecule has 1 heterocycles. The zero-order chi connectivity index (χ0) is 12.6. The standard InChI is InChI=1S/C12H13NO4/c1-12(17-2,11(15)16)8-3-4-9-7(5-8)6-10(14)13-9/h3-5H,6H2,1-2H3,(H,13,14)(H,15,16). The maximum atomic E-state index is 11.2. The van der Waals surface area contributed by atoms with Crippen LogP contribution in [0.15, 0.2) is 18.2 Å². The molecule has 0 fully saturated rings. The molecule has 0 spiro atoms. The molecule has 1 amide bonds. The number of carbonyl (C=O) groups is 2. The minimum absolute atomic E-state index is 0.0772. The maximum absolute atomic E-state index is 11.2. The summed E-state index contributed by atoms with van der Waals surface area (Å²) < 4.78 is 5.07. The average molecular weight is 235 g/mol. The molecular weight excluding hydrogens is 222 g/mol. The van der Waals surface area contributed by atoms with Crippen molar-refractivity contribution in [2.45, 2.75) is 18.9 Å². The second-order valence-electron chi connectivity index (χ2n) is 4.14. The first-order valence-corrected chi connectivity index (χ1v) is 5.19. The molecule has 0 saturated heterocycles. The predicted molar refractivity (Wildman–Crippen MR) is 60.8 cm³/mol. The van der Waals surface area contributed by atoms with Crippen LogP contribution in [0.2, 0.25) is 0 Å². The molecule has 0 saturated carbocycles. The number of carboxylic acids is 1. The van der Waals surface area contributed by atoms with E-state index in [0.29, 0.717) is 5.56 Å². The van der Waals surface area contributed by atoms with Gasteiger partial charge in [0, 0.05) is 12.8 Å². The summed E-state index contributed by atoms with van der Waals surface area (Å²) >= 11 is 0. The molecule has 0 aliphatic carbocycles. The summed E-state index contributed by atoms with van der Waals surface area (Å²) in [5, 5.41) is 11.9. The van der Waals surface area contributed by atoms with E-state index in [-0.39, 0.29) is 12.3 Å². The van der Waals surface area contributed by atoms with Gasteiger partial charge in [-0.25, -0.2) is 4.79 Å². The second kappa shape index (κ2) is 3.85. The highest BCUT2D eigenvalue weighted by Crippen LogP contribution is 2.31. The first-order chi connectivity index (χ1) is 7.97. The number of methoxy groups -OCH3 is 1. The van der Waals surface area contributed by atoms with Crippen LogP contribution in [0.25, 0.3) is 0 Å². The van der Waals surface area contributed by atoms with Gasteiger partial charge < -0.3 is 15.2 Å². The van der Waals surface area contributed by atoms with Crippen molar-refractivity contribution in [1.29, 1.82) is 0 Å². The third-order valence-corrected chi connectivity index (χ3v) is 3.10. The normalized spacial score (nSPS) is 17.2. The first kappa shape index (κ1) is 11.6. The van der Waals surface area contributed by atoms with Gasteiger partial charge in [0.1, 0.15) is 0 Å². The molecule has 1 aromatic carbocycles. The van der Waals surface area contributed by atoms with Gasteiger partial charge in [0.15, 0.2) is 5.60 Å². The molecule has 1 unspecified atom stereocenters. The molecule has 0 radical (unpaired) electrons. The Morgan fingerprint density at radius 2 is 2.24 bits per heavy atom. The van der Waals surface area contributed by atoms with Crippen LogP contribution >= 0.6 is 0 Å². The van der Waals surface area contributed by atoms with Crippen LogP contribution in [0.5, 0.6) is 0 Å². The number of carboxylic acid groups (broad SMARTS) is 1. The Balaban J connectivity index is 2.45. The monoisotopic (exact) mass is 235 g/mol. The molecule has 1 aromatic rings. The Kier molecular flexibility index (Phi) is 2.63. The van der Waals surface area contributed by atoms with Crippen molar-refractivity contribution in [3.05, 3.63) is 29.3 Å². The molecule has 2 rings (SSSR count). The summed E-state index contributed by atoms with van der Waals surface area (Å²) in [6, 6.07) is 5.06. The molecule has 1 aliphatic rings. The van der Waals surface area contributed by atoms with Crippen LogP contribution in [0.1, 0.15) is 18.1 Å².